The Balaban J connectivity index is 1.55. The molecule has 3 aromatic rings. The number of benzene rings is 3. The highest BCUT2D eigenvalue weighted by atomic mass is 32.2. The van der Waals surface area contributed by atoms with Gasteiger partial charge in [0, 0.05) is 16.9 Å². The van der Waals surface area contributed by atoms with Crippen LogP contribution in [0.5, 0.6) is 0 Å². The molecule has 1 aliphatic rings. The van der Waals surface area contributed by atoms with Crippen LogP contribution in [0.1, 0.15) is 58.8 Å². The molecule has 4 rings (SSSR count). The van der Waals surface area contributed by atoms with Crippen molar-refractivity contribution >= 4 is 35.0 Å². The molecule has 1 saturated heterocycles. The Morgan fingerprint density at radius 1 is 0.970 bits per heavy atom. The Labute approximate surface area is 200 Å². The summed E-state index contributed by atoms with van der Waals surface area (Å²) in [5, 5.41) is 2.89. The fraction of sp³-hybridized carbons (Fsp3) is 0.286. The SMILES string of the molecule is Cc1ccc(N2C(=O)CSC2c2cccc(NC(=O)c3ccc(C(C)(C)C)cc3)c2)cc1C. The Kier molecular flexibility index (Phi) is 6.35. The van der Waals surface area contributed by atoms with Crippen molar-refractivity contribution in [2.24, 2.45) is 0 Å². The summed E-state index contributed by atoms with van der Waals surface area (Å²) in [5.74, 6) is 0.393. The lowest BCUT2D eigenvalue weighted by Crippen LogP contribution is -2.28. The summed E-state index contributed by atoms with van der Waals surface area (Å²) in [7, 11) is 0. The van der Waals surface area contributed by atoms with Gasteiger partial charge in [-0.15, -0.1) is 11.8 Å². The summed E-state index contributed by atoms with van der Waals surface area (Å²) in [6.45, 7) is 10.6. The maximum atomic E-state index is 12.8. The van der Waals surface area contributed by atoms with E-state index in [9.17, 15) is 9.59 Å². The van der Waals surface area contributed by atoms with Gasteiger partial charge >= 0.3 is 0 Å². The van der Waals surface area contributed by atoms with E-state index in [0.29, 0.717) is 11.3 Å². The molecule has 5 heteroatoms. The molecule has 0 spiro atoms. The molecule has 1 aliphatic heterocycles. The number of hydrogen-bond donors (Lipinski definition) is 1. The van der Waals surface area contributed by atoms with Gasteiger partial charge in [0.15, 0.2) is 0 Å². The van der Waals surface area contributed by atoms with Crippen LogP contribution >= 0.6 is 11.8 Å². The molecule has 1 N–H and O–H groups in total. The molecule has 3 aromatic carbocycles. The zero-order valence-electron chi connectivity index (χ0n) is 19.8. The number of nitrogens with zero attached hydrogens (tertiary/aromatic N) is 1. The fourth-order valence-electron chi connectivity index (χ4n) is 3.92. The predicted molar refractivity (Wildman–Crippen MR) is 138 cm³/mol. The second-order valence-electron chi connectivity index (χ2n) is 9.60. The average molecular weight is 459 g/mol. The van der Waals surface area contributed by atoms with Crippen molar-refractivity contribution < 1.29 is 9.59 Å². The first-order valence-electron chi connectivity index (χ1n) is 11.2. The third kappa shape index (κ3) is 4.98. The predicted octanol–water partition coefficient (Wildman–Crippen LogP) is 6.63. The highest BCUT2D eigenvalue weighted by molar-refractivity contribution is 8.00. The molecular formula is C28H30N2O2S. The van der Waals surface area contributed by atoms with E-state index in [1.807, 2.05) is 59.5 Å². The van der Waals surface area contributed by atoms with Gasteiger partial charge in [-0.2, -0.15) is 0 Å². The van der Waals surface area contributed by atoms with Crippen molar-refractivity contribution in [3.63, 3.8) is 0 Å². The molecule has 0 radical (unpaired) electrons. The topological polar surface area (TPSA) is 49.4 Å². The normalized spacial score (nSPS) is 16.2. The first kappa shape index (κ1) is 23.1. The summed E-state index contributed by atoms with van der Waals surface area (Å²) >= 11 is 1.61. The maximum absolute atomic E-state index is 12.8. The van der Waals surface area contributed by atoms with Gasteiger partial charge in [0.25, 0.3) is 5.91 Å². The zero-order chi connectivity index (χ0) is 23.8. The molecular weight excluding hydrogens is 428 g/mol. The van der Waals surface area contributed by atoms with Gasteiger partial charge in [-0.1, -0.05) is 51.1 Å². The smallest absolute Gasteiger partial charge is 0.255 e. The fourth-order valence-corrected chi connectivity index (χ4v) is 5.09. The lowest BCUT2D eigenvalue weighted by molar-refractivity contribution is -0.115. The highest BCUT2D eigenvalue weighted by Crippen LogP contribution is 2.42. The van der Waals surface area contributed by atoms with Crippen LogP contribution in [0.4, 0.5) is 11.4 Å². The molecule has 0 saturated carbocycles. The standard InChI is InChI=1S/C28H30N2O2S/c1-18-9-14-24(15-19(18)2)30-25(31)17-33-27(30)21-7-6-8-23(16-21)29-26(32)20-10-12-22(13-11-20)28(3,4)5/h6-16,27H,17H2,1-5H3,(H,29,32). The van der Waals surface area contributed by atoms with Crippen LogP contribution in [0.3, 0.4) is 0 Å². The Hall–Kier alpha value is -3.05. The first-order valence-corrected chi connectivity index (χ1v) is 12.2. The van der Waals surface area contributed by atoms with Gasteiger partial charge in [-0.3, -0.25) is 14.5 Å². The number of rotatable bonds is 4. The lowest BCUT2D eigenvalue weighted by Gasteiger charge is -2.25. The molecule has 1 atom stereocenters. The van der Waals surface area contributed by atoms with Crippen molar-refractivity contribution in [3.8, 4) is 0 Å². The third-order valence-corrected chi connectivity index (χ3v) is 7.29. The van der Waals surface area contributed by atoms with Crippen molar-refractivity contribution in [1.82, 2.24) is 0 Å². The number of carbonyl (C=O) groups is 2. The van der Waals surface area contributed by atoms with E-state index >= 15 is 0 Å². The van der Waals surface area contributed by atoms with Crippen LogP contribution < -0.4 is 10.2 Å². The number of aryl methyl sites for hydroxylation is 2. The molecule has 0 bridgehead atoms. The lowest BCUT2D eigenvalue weighted by atomic mass is 9.87. The highest BCUT2D eigenvalue weighted by Gasteiger charge is 2.34. The summed E-state index contributed by atoms with van der Waals surface area (Å²) < 4.78 is 0. The van der Waals surface area contributed by atoms with E-state index in [4.69, 9.17) is 0 Å². The van der Waals surface area contributed by atoms with Gasteiger partial charge in [0.1, 0.15) is 5.37 Å². The van der Waals surface area contributed by atoms with Gasteiger partial charge in [-0.25, -0.2) is 0 Å². The monoisotopic (exact) mass is 458 g/mol. The average Bonchev–Trinajstić information content (AvgIpc) is 3.17. The molecule has 4 nitrogen and oxygen atoms in total. The molecule has 1 fully saturated rings. The number of hydrogen-bond acceptors (Lipinski definition) is 3. The Bertz CT molecular complexity index is 1200. The quantitative estimate of drug-likeness (QED) is 0.477. The van der Waals surface area contributed by atoms with E-state index in [1.54, 1.807) is 11.8 Å². The molecule has 1 unspecified atom stereocenters. The second kappa shape index (κ2) is 9.06. The van der Waals surface area contributed by atoms with Crippen LogP contribution in [0.25, 0.3) is 0 Å². The summed E-state index contributed by atoms with van der Waals surface area (Å²) in [6, 6.07) is 21.7. The van der Waals surface area contributed by atoms with Gasteiger partial charge in [0.05, 0.1) is 5.75 Å². The number of amides is 2. The molecule has 2 amide bonds. The van der Waals surface area contributed by atoms with E-state index in [1.165, 1.54) is 11.1 Å². The number of carbonyl (C=O) groups excluding carboxylic acids is 2. The zero-order valence-corrected chi connectivity index (χ0v) is 20.6. The molecule has 33 heavy (non-hydrogen) atoms. The van der Waals surface area contributed by atoms with Gasteiger partial charge in [-0.05, 0) is 77.9 Å². The minimum Gasteiger partial charge on any atom is -0.322 e. The summed E-state index contributed by atoms with van der Waals surface area (Å²) in [4.78, 5) is 27.4. The number of thioether (sulfide) groups is 1. The van der Waals surface area contributed by atoms with E-state index < -0.39 is 0 Å². The van der Waals surface area contributed by atoms with Gasteiger partial charge in [0.2, 0.25) is 5.91 Å². The summed E-state index contributed by atoms with van der Waals surface area (Å²) in [5.41, 5.74) is 6.84. The number of nitrogens with one attached hydrogen (secondary N) is 1. The van der Waals surface area contributed by atoms with Crippen molar-refractivity contribution in [1.29, 1.82) is 0 Å². The van der Waals surface area contributed by atoms with Crippen molar-refractivity contribution in [3.05, 3.63) is 94.5 Å². The minimum absolute atomic E-state index is 0.0432. The van der Waals surface area contributed by atoms with Crippen LogP contribution in [-0.4, -0.2) is 17.6 Å². The Morgan fingerprint density at radius 3 is 2.36 bits per heavy atom. The van der Waals surface area contributed by atoms with E-state index in [2.05, 4.69) is 52.1 Å². The van der Waals surface area contributed by atoms with E-state index in [0.717, 1.165) is 22.5 Å². The van der Waals surface area contributed by atoms with Crippen LogP contribution in [-0.2, 0) is 10.2 Å². The molecule has 1 heterocycles. The Morgan fingerprint density at radius 2 is 1.70 bits per heavy atom. The third-order valence-electron chi connectivity index (χ3n) is 6.08. The van der Waals surface area contributed by atoms with Gasteiger partial charge < -0.3 is 5.32 Å². The maximum Gasteiger partial charge on any atom is 0.255 e. The van der Waals surface area contributed by atoms with Crippen molar-refractivity contribution in [2.75, 3.05) is 16.0 Å². The number of anilines is 2. The second-order valence-corrected chi connectivity index (χ2v) is 10.7. The molecule has 0 aliphatic carbocycles. The minimum atomic E-state index is -0.145. The largest absolute Gasteiger partial charge is 0.322 e. The van der Waals surface area contributed by atoms with E-state index in [-0.39, 0.29) is 22.6 Å². The van der Waals surface area contributed by atoms with Crippen LogP contribution in [0.2, 0.25) is 0 Å². The van der Waals surface area contributed by atoms with Crippen LogP contribution in [0.15, 0.2) is 66.7 Å². The molecule has 0 aromatic heterocycles. The first-order chi connectivity index (χ1) is 15.6. The summed E-state index contributed by atoms with van der Waals surface area (Å²) in [6.07, 6.45) is 0. The molecule has 170 valence electrons. The van der Waals surface area contributed by atoms with Crippen LogP contribution in [0, 0.1) is 13.8 Å². The van der Waals surface area contributed by atoms with Crippen molar-refractivity contribution in [2.45, 2.75) is 45.4 Å².